The molecule has 0 aromatic heterocycles. The van der Waals surface area contributed by atoms with E-state index in [9.17, 15) is 4.79 Å². The molecule has 0 bridgehead atoms. The molecule has 3 aliphatic rings. The van der Waals surface area contributed by atoms with Crippen molar-refractivity contribution in [3.63, 3.8) is 0 Å². The normalized spacial score (nSPS) is 23.3. The van der Waals surface area contributed by atoms with Gasteiger partial charge in [-0.15, -0.1) is 0 Å². The van der Waals surface area contributed by atoms with Gasteiger partial charge in [0.15, 0.2) is 0 Å². The molecule has 1 saturated heterocycles. The first-order valence-corrected chi connectivity index (χ1v) is 10.9. The van der Waals surface area contributed by atoms with Crippen molar-refractivity contribution in [2.24, 2.45) is 15.7 Å². The maximum absolute atomic E-state index is 12.3. The van der Waals surface area contributed by atoms with E-state index in [1.165, 1.54) is 6.20 Å². The summed E-state index contributed by atoms with van der Waals surface area (Å²) in [6, 6.07) is 8.81. The molecule has 2 aliphatic heterocycles. The number of rotatable bonds is 7. The van der Waals surface area contributed by atoms with Gasteiger partial charge in [-0.25, -0.2) is 4.79 Å². The Kier molecular flexibility index (Phi) is 7.11. The van der Waals surface area contributed by atoms with Crippen LogP contribution in [0.5, 0.6) is 5.75 Å². The Morgan fingerprint density at radius 2 is 2.12 bits per heavy atom. The summed E-state index contributed by atoms with van der Waals surface area (Å²) in [5.41, 5.74) is 7.14. The van der Waals surface area contributed by atoms with Crippen molar-refractivity contribution in [1.82, 2.24) is 10.2 Å². The van der Waals surface area contributed by atoms with E-state index in [0.29, 0.717) is 35.6 Å². The van der Waals surface area contributed by atoms with Gasteiger partial charge in [-0.2, -0.15) is 0 Å². The number of hydrogen-bond donors (Lipinski definition) is 3. The molecule has 1 spiro atoms. The number of allylic oxidation sites excluding steroid dienone is 2. The van der Waals surface area contributed by atoms with Gasteiger partial charge in [0, 0.05) is 55.8 Å². The van der Waals surface area contributed by atoms with Gasteiger partial charge in [0.05, 0.1) is 31.2 Å². The predicted octanol–water partition coefficient (Wildman–Crippen LogP) is 2.08. The third kappa shape index (κ3) is 5.27. The second kappa shape index (κ2) is 10.4. The minimum absolute atomic E-state index is 0.276. The maximum atomic E-state index is 12.3. The third-order valence-corrected chi connectivity index (χ3v) is 5.80. The fourth-order valence-corrected chi connectivity index (χ4v) is 3.78. The number of aliphatic imine (C=N–C) groups is 2. The van der Waals surface area contributed by atoms with E-state index in [0.717, 1.165) is 32.8 Å². The van der Waals surface area contributed by atoms with Gasteiger partial charge in [-0.3, -0.25) is 20.2 Å². The summed E-state index contributed by atoms with van der Waals surface area (Å²) in [6.45, 7) is 4.90. The van der Waals surface area contributed by atoms with Crippen LogP contribution in [0.25, 0.3) is 0 Å². The lowest BCUT2D eigenvalue weighted by Gasteiger charge is -2.39. The van der Waals surface area contributed by atoms with Crippen molar-refractivity contribution in [3.8, 4) is 5.75 Å². The van der Waals surface area contributed by atoms with Crippen LogP contribution in [-0.4, -0.2) is 74.1 Å². The summed E-state index contributed by atoms with van der Waals surface area (Å²) < 4.78 is 10.6. The summed E-state index contributed by atoms with van der Waals surface area (Å²) in [7, 11) is 0. The van der Waals surface area contributed by atoms with E-state index in [2.05, 4.69) is 20.2 Å². The van der Waals surface area contributed by atoms with Gasteiger partial charge in [0.2, 0.25) is 0 Å². The number of ether oxygens (including phenoxy) is 2. The molecule has 1 amide bonds. The Bertz CT molecular complexity index is 1040. The van der Waals surface area contributed by atoms with Crippen molar-refractivity contribution in [1.29, 1.82) is 5.41 Å². The fourth-order valence-electron chi connectivity index (χ4n) is 3.78. The molecule has 9 heteroatoms. The molecule has 9 nitrogen and oxygen atoms in total. The van der Waals surface area contributed by atoms with Crippen LogP contribution in [0, 0.1) is 5.41 Å². The minimum Gasteiger partial charge on any atom is -0.410 e. The fraction of sp³-hybridized carbons (Fsp3) is 0.333. The molecule has 1 aliphatic carbocycles. The van der Waals surface area contributed by atoms with Crippen molar-refractivity contribution < 1.29 is 14.3 Å². The first kappa shape index (κ1) is 22.6. The predicted molar refractivity (Wildman–Crippen MR) is 128 cm³/mol. The average molecular weight is 449 g/mol. The van der Waals surface area contributed by atoms with Crippen LogP contribution in [0.1, 0.15) is 6.42 Å². The molecule has 1 unspecified atom stereocenters. The SMILES string of the molecule is N=C1C=C(C(C=NCCN2CCOCC2)=CN)C=NC12CC=C2NC(=O)Oc1ccccc1. The Morgan fingerprint density at radius 1 is 1.33 bits per heavy atom. The maximum Gasteiger partial charge on any atom is 0.416 e. The zero-order valence-corrected chi connectivity index (χ0v) is 18.4. The number of morpholine rings is 1. The third-order valence-electron chi connectivity index (χ3n) is 5.80. The van der Waals surface area contributed by atoms with Crippen LogP contribution in [0.3, 0.4) is 0 Å². The first-order chi connectivity index (χ1) is 16.1. The number of nitrogens with one attached hydrogen (secondary N) is 2. The van der Waals surface area contributed by atoms with Crippen molar-refractivity contribution in [2.45, 2.75) is 12.0 Å². The number of para-hydroxylation sites is 1. The van der Waals surface area contributed by atoms with Gasteiger partial charge >= 0.3 is 6.09 Å². The quantitative estimate of drug-likeness (QED) is 0.551. The second-order valence-corrected chi connectivity index (χ2v) is 7.89. The topological polar surface area (TPSA) is 125 Å². The second-order valence-electron chi connectivity index (χ2n) is 7.89. The summed E-state index contributed by atoms with van der Waals surface area (Å²) in [5.74, 6) is 0.444. The van der Waals surface area contributed by atoms with Gasteiger partial charge in [0.25, 0.3) is 0 Å². The molecular formula is C24H28N6O3. The number of carbonyl (C=O) groups is 1. The van der Waals surface area contributed by atoms with Crippen molar-refractivity contribution >= 4 is 24.2 Å². The zero-order chi connectivity index (χ0) is 23.1. The monoisotopic (exact) mass is 448 g/mol. The number of amides is 1. The number of hydrogen-bond acceptors (Lipinski definition) is 8. The van der Waals surface area contributed by atoms with Crippen LogP contribution in [0.4, 0.5) is 4.79 Å². The number of benzene rings is 1. The Labute approximate surface area is 192 Å². The van der Waals surface area contributed by atoms with E-state index < -0.39 is 11.6 Å². The van der Waals surface area contributed by atoms with Crippen molar-refractivity contribution in [3.05, 3.63) is 65.5 Å². The smallest absolute Gasteiger partial charge is 0.410 e. The van der Waals surface area contributed by atoms with Gasteiger partial charge in [0.1, 0.15) is 11.3 Å². The lowest BCUT2D eigenvalue weighted by atomic mass is 9.75. The highest BCUT2D eigenvalue weighted by Gasteiger charge is 2.45. The molecule has 4 rings (SSSR count). The molecule has 1 aromatic carbocycles. The lowest BCUT2D eigenvalue weighted by molar-refractivity contribution is 0.0395. The summed E-state index contributed by atoms with van der Waals surface area (Å²) >= 11 is 0. The highest BCUT2D eigenvalue weighted by Crippen LogP contribution is 2.38. The molecule has 1 fully saturated rings. The molecule has 0 radical (unpaired) electrons. The van der Waals surface area contributed by atoms with Gasteiger partial charge in [-0.1, -0.05) is 24.3 Å². The number of carbonyl (C=O) groups excluding carboxylic acids is 1. The van der Waals surface area contributed by atoms with Crippen LogP contribution >= 0.6 is 0 Å². The van der Waals surface area contributed by atoms with Gasteiger partial charge < -0.3 is 20.6 Å². The molecular weight excluding hydrogens is 420 g/mol. The van der Waals surface area contributed by atoms with Crippen molar-refractivity contribution in [2.75, 3.05) is 39.4 Å². The van der Waals surface area contributed by atoms with Crippen LogP contribution in [0.15, 0.2) is 75.5 Å². The minimum atomic E-state index is -0.896. The van der Waals surface area contributed by atoms with E-state index in [1.807, 2.05) is 12.1 Å². The van der Waals surface area contributed by atoms with E-state index in [-0.39, 0.29) is 5.71 Å². The summed E-state index contributed by atoms with van der Waals surface area (Å²) in [6.07, 6.45) is 8.34. The Balaban J connectivity index is 1.33. The highest BCUT2D eigenvalue weighted by molar-refractivity contribution is 6.14. The molecule has 4 N–H and O–H groups in total. The van der Waals surface area contributed by atoms with Crippen LogP contribution in [-0.2, 0) is 4.74 Å². The number of dihydropyridines is 1. The molecule has 1 aromatic rings. The first-order valence-electron chi connectivity index (χ1n) is 10.9. The zero-order valence-electron chi connectivity index (χ0n) is 18.4. The lowest BCUT2D eigenvalue weighted by Crippen LogP contribution is -2.51. The average Bonchev–Trinajstić information content (AvgIpc) is 2.83. The Hall–Kier alpha value is -3.56. The van der Waals surface area contributed by atoms with Gasteiger partial charge in [-0.05, 0) is 18.2 Å². The van der Waals surface area contributed by atoms with Crippen LogP contribution in [0.2, 0.25) is 0 Å². The molecule has 0 saturated carbocycles. The van der Waals surface area contributed by atoms with E-state index in [1.54, 1.807) is 42.8 Å². The molecule has 172 valence electrons. The summed E-state index contributed by atoms with van der Waals surface area (Å²) in [5, 5.41) is 11.3. The molecule has 33 heavy (non-hydrogen) atoms. The number of nitrogens with zero attached hydrogens (tertiary/aromatic N) is 3. The van der Waals surface area contributed by atoms with E-state index in [4.69, 9.17) is 20.6 Å². The Morgan fingerprint density at radius 3 is 2.79 bits per heavy atom. The molecule has 1 atom stereocenters. The largest absolute Gasteiger partial charge is 0.416 e. The van der Waals surface area contributed by atoms with E-state index >= 15 is 0 Å². The van der Waals surface area contributed by atoms with Crippen LogP contribution < -0.4 is 15.8 Å². The summed E-state index contributed by atoms with van der Waals surface area (Å²) in [4.78, 5) is 23.7. The highest BCUT2D eigenvalue weighted by atomic mass is 16.6. The standard InChI is InChI=1S/C24H28N6O3/c25-15-19(16-27-8-9-30-10-12-32-13-11-30)18-14-21(26)24(28-17-18)7-6-22(24)29-23(31)33-20-4-2-1-3-5-20/h1-6,14-17,26H,7-13,25H2,(H,29,31). The number of nitrogens with two attached hydrogens (primary N) is 1. The molecule has 2 heterocycles.